The number of rotatable bonds is 2. The van der Waals surface area contributed by atoms with Gasteiger partial charge in [0, 0.05) is 24.0 Å². The molecule has 0 saturated carbocycles. The molecular weight excluding hydrogens is 352 g/mol. The molecule has 150 valence electrons. The van der Waals surface area contributed by atoms with Gasteiger partial charge in [-0.3, -0.25) is 4.79 Å². The van der Waals surface area contributed by atoms with Crippen LogP contribution in [0.2, 0.25) is 0 Å². The lowest BCUT2D eigenvalue weighted by Crippen LogP contribution is -2.42. The van der Waals surface area contributed by atoms with Crippen molar-refractivity contribution in [1.82, 2.24) is 0 Å². The highest BCUT2D eigenvalue weighted by molar-refractivity contribution is 5.88. The molecule has 7 atom stereocenters. The summed E-state index contributed by atoms with van der Waals surface area (Å²) in [4.78, 5) is 24.7. The number of hydrogen-bond acceptors (Lipinski definition) is 7. The first-order valence-electron chi connectivity index (χ1n) is 9.33. The van der Waals surface area contributed by atoms with Crippen LogP contribution in [0.5, 0.6) is 0 Å². The SMILES string of the molecule is CC=C(C)C(=O)OC1CC(C)(O)C2=C(C3OC(=O)C(C)C13)C(C)(O)CC2O. The Kier molecular flexibility index (Phi) is 4.77. The Morgan fingerprint density at radius 1 is 1.22 bits per heavy atom. The monoisotopic (exact) mass is 380 g/mol. The normalized spacial score (nSPS) is 44.5. The number of hydrogen-bond donors (Lipinski definition) is 3. The third-order valence-electron chi connectivity index (χ3n) is 6.24. The van der Waals surface area contributed by atoms with Gasteiger partial charge in [-0.15, -0.1) is 0 Å². The van der Waals surface area contributed by atoms with Crippen molar-refractivity contribution in [1.29, 1.82) is 0 Å². The van der Waals surface area contributed by atoms with Crippen LogP contribution < -0.4 is 0 Å². The zero-order chi connectivity index (χ0) is 20.3. The Labute approximate surface area is 158 Å². The Hall–Kier alpha value is -1.70. The number of aliphatic hydroxyl groups excluding tert-OH is 1. The van der Waals surface area contributed by atoms with Gasteiger partial charge in [0.05, 0.1) is 29.1 Å². The van der Waals surface area contributed by atoms with Gasteiger partial charge in [-0.05, 0) is 33.3 Å². The lowest BCUT2D eigenvalue weighted by Gasteiger charge is -2.33. The maximum atomic E-state index is 12.4. The topological polar surface area (TPSA) is 113 Å². The predicted molar refractivity (Wildman–Crippen MR) is 95.4 cm³/mol. The van der Waals surface area contributed by atoms with Gasteiger partial charge in [0.25, 0.3) is 0 Å². The van der Waals surface area contributed by atoms with E-state index < -0.39 is 53.3 Å². The van der Waals surface area contributed by atoms with Crippen LogP contribution in [0.25, 0.3) is 0 Å². The molecule has 0 bridgehead atoms. The maximum absolute atomic E-state index is 12.4. The number of allylic oxidation sites excluding steroid dienone is 1. The van der Waals surface area contributed by atoms with Gasteiger partial charge >= 0.3 is 11.9 Å². The smallest absolute Gasteiger partial charge is 0.333 e. The molecule has 0 spiro atoms. The molecule has 0 aromatic heterocycles. The van der Waals surface area contributed by atoms with Crippen molar-refractivity contribution in [3.05, 3.63) is 22.8 Å². The van der Waals surface area contributed by atoms with E-state index >= 15 is 0 Å². The molecule has 0 amide bonds. The molecule has 0 aromatic rings. The van der Waals surface area contributed by atoms with Crippen molar-refractivity contribution in [3.63, 3.8) is 0 Å². The number of esters is 2. The molecule has 1 heterocycles. The number of fused-ring (bicyclic) bond motifs is 2. The molecule has 1 aliphatic heterocycles. The highest BCUT2D eigenvalue weighted by Gasteiger charge is 2.60. The summed E-state index contributed by atoms with van der Waals surface area (Å²) in [7, 11) is 0. The molecule has 3 rings (SSSR count). The minimum Gasteiger partial charge on any atom is -0.458 e. The van der Waals surface area contributed by atoms with Crippen LogP contribution in [-0.2, 0) is 19.1 Å². The molecule has 1 fully saturated rings. The van der Waals surface area contributed by atoms with Gasteiger partial charge in [0.1, 0.15) is 12.2 Å². The second-order valence-electron chi connectivity index (χ2n) is 8.44. The van der Waals surface area contributed by atoms with Crippen LogP contribution in [0.15, 0.2) is 22.8 Å². The van der Waals surface area contributed by atoms with Crippen LogP contribution in [-0.4, -0.2) is 56.8 Å². The number of carbonyl (C=O) groups excluding carboxylic acids is 2. The zero-order valence-corrected chi connectivity index (χ0v) is 16.4. The van der Waals surface area contributed by atoms with Gasteiger partial charge < -0.3 is 24.8 Å². The number of carbonyl (C=O) groups is 2. The fourth-order valence-electron chi connectivity index (χ4n) is 4.77. The van der Waals surface area contributed by atoms with Crippen LogP contribution in [0.4, 0.5) is 0 Å². The summed E-state index contributed by atoms with van der Waals surface area (Å²) >= 11 is 0. The highest BCUT2D eigenvalue weighted by atomic mass is 16.6. The molecule has 3 N–H and O–H groups in total. The third kappa shape index (κ3) is 3.11. The van der Waals surface area contributed by atoms with Crippen LogP contribution >= 0.6 is 0 Å². The van der Waals surface area contributed by atoms with Gasteiger partial charge in [-0.1, -0.05) is 13.0 Å². The van der Waals surface area contributed by atoms with Crippen molar-refractivity contribution in [2.45, 2.75) is 77.0 Å². The first kappa shape index (κ1) is 20.0. The Morgan fingerprint density at radius 3 is 2.41 bits per heavy atom. The first-order valence-corrected chi connectivity index (χ1v) is 9.33. The second-order valence-corrected chi connectivity index (χ2v) is 8.44. The molecule has 0 radical (unpaired) electrons. The lowest BCUT2D eigenvalue weighted by molar-refractivity contribution is -0.151. The molecule has 7 nitrogen and oxygen atoms in total. The largest absolute Gasteiger partial charge is 0.458 e. The minimum absolute atomic E-state index is 0.00382. The molecule has 3 aliphatic rings. The molecule has 7 unspecified atom stereocenters. The molecule has 2 aliphatic carbocycles. The van der Waals surface area contributed by atoms with Gasteiger partial charge in [-0.2, -0.15) is 0 Å². The maximum Gasteiger partial charge on any atom is 0.333 e. The Bertz CT molecular complexity index is 731. The molecule has 27 heavy (non-hydrogen) atoms. The van der Waals surface area contributed by atoms with Crippen molar-refractivity contribution in [2.24, 2.45) is 11.8 Å². The van der Waals surface area contributed by atoms with Crippen molar-refractivity contribution >= 4 is 11.9 Å². The summed E-state index contributed by atoms with van der Waals surface area (Å²) in [6.45, 7) is 8.11. The average molecular weight is 380 g/mol. The highest BCUT2D eigenvalue weighted by Crippen LogP contribution is 2.52. The van der Waals surface area contributed by atoms with Gasteiger partial charge in [0.2, 0.25) is 0 Å². The summed E-state index contributed by atoms with van der Waals surface area (Å²) < 4.78 is 11.2. The third-order valence-corrected chi connectivity index (χ3v) is 6.24. The zero-order valence-electron chi connectivity index (χ0n) is 16.4. The van der Waals surface area contributed by atoms with Gasteiger partial charge in [0.15, 0.2) is 0 Å². The van der Waals surface area contributed by atoms with Crippen molar-refractivity contribution in [3.8, 4) is 0 Å². The minimum atomic E-state index is -1.51. The summed E-state index contributed by atoms with van der Waals surface area (Å²) in [6.07, 6.45) is -1.07. The summed E-state index contributed by atoms with van der Waals surface area (Å²) in [5.41, 5.74) is -1.92. The first-order chi connectivity index (χ1) is 12.4. The summed E-state index contributed by atoms with van der Waals surface area (Å²) in [5, 5.41) is 32.6. The molecular formula is C20H28O7. The number of aliphatic hydroxyl groups is 3. The fraction of sp³-hybridized carbons (Fsp3) is 0.700. The van der Waals surface area contributed by atoms with Gasteiger partial charge in [-0.25, -0.2) is 4.79 Å². The standard InChI is InChI=1S/C20H28O7/c1-6-9(2)17(22)26-12-8-20(5,25)14-11(21)7-19(4,24)15(14)16-13(12)10(3)18(23)27-16/h6,10-13,16,21,24-25H,7-8H2,1-5H3. The van der Waals surface area contributed by atoms with E-state index in [0.29, 0.717) is 11.1 Å². The van der Waals surface area contributed by atoms with E-state index in [1.54, 1.807) is 33.8 Å². The second kappa shape index (κ2) is 6.43. The molecule has 0 aromatic carbocycles. The Morgan fingerprint density at radius 2 is 1.81 bits per heavy atom. The summed E-state index contributed by atoms with van der Waals surface area (Å²) in [5.74, 6) is -2.10. The van der Waals surface area contributed by atoms with Crippen molar-refractivity contribution < 1.29 is 34.4 Å². The van der Waals surface area contributed by atoms with Crippen LogP contribution in [0.1, 0.15) is 47.5 Å². The predicted octanol–water partition coefficient (Wildman–Crippen LogP) is 1.01. The van der Waals surface area contributed by atoms with Crippen molar-refractivity contribution in [2.75, 3.05) is 0 Å². The quantitative estimate of drug-likeness (QED) is 0.372. The average Bonchev–Trinajstić information content (AvgIpc) is 2.93. The number of ether oxygens (including phenoxy) is 2. The van der Waals surface area contributed by atoms with E-state index in [9.17, 15) is 24.9 Å². The summed E-state index contributed by atoms with van der Waals surface area (Å²) in [6, 6.07) is 0. The van der Waals surface area contributed by atoms with E-state index in [1.807, 2.05) is 0 Å². The van der Waals surface area contributed by atoms with E-state index in [0.717, 1.165) is 0 Å². The lowest BCUT2D eigenvalue weighted by atomic mass is 9.80. The van der Waals surface area contributed by atoms with Crippen LogP contribution in [0.3, 0.4) is 0 Å². The molecule has 1 saturated heterocycles. The molecule has 7 heteroatoms. The van der Waals surface area contributed by atoms with E-state index in [-0.39, 0.29) is 18.4 Å². The fourth-order valence-corrected chi connectivity index (χ4v) is 4.77. The van der Waals surface area contributed by atoms with E-state index in [1.165, 1.54) is 6.92 Å². The van der Waals surface area contributed by atoms with E-state index in [4.69, 9.17) is 9.47 Å². The Balaban J connectivity index is 2.10. The van der Waals surface area contributed by atoms with E-state index in [2.05, 4.69) is 0 Å². The van der Waals surface area contributed by atoms with Crippen LogP contribution in [0, 0.1) is 11.8 Å².